The molecule has 2 aromatic carbocycles. The fourth-order valence-corrected chi connectivity index (χ4v) is 2.07. The SMILES string of the molecule is C/C=C(\O/N=C/CC)c1ccc(C=O)c2ccccc12. The van der Waals surface area contributed by atoms with Crippen LogP contribution < -0.4 is 0 Å². The monoisotopic (exact) mass is 267 g/mol. The van der Waals surface area contributed by atoms with E-state index in [2.05, 4.69) is 5.16 Å². The van der Waals surface area contributed by atoms with Crippen LogP contribution in [0.3, 0.4) is 0 Å². The molecule has 0 aliphatic carbocycles. The third kappa shape index (κ3) is 2.77. The molecule has 0 amide bonds. The van der Waals surface area contributed by atoms with Crippen LogP contribution in [0.4, 0.5) is 0 Å². The zero-order valence-corrected chi connectivity index (χ0v) is 11.7. The second kappa shape index (κ2) is 6.66. The molecule has 0 aromatic heterocycles. The van der Waals surface area contributed by atoms with Crippen LogP contribution in [0.15, 0.2) is 47.6 Å². The fourth-order valence-electron chi connectivity index (χ4n) is 2.07. The van der Waals surface area contributed by atoms with Crippen LogP contribution in [0, 0.1) is 0 Å². The van der Waals surface area contributed by atoms with Gasteiger partial charge in [-0.1, -0.05) is 42.4 Å². The molecule has 0 fully saturated rings. The van der Waals surface area contributed by atoms with Gasteiger partial charge in [-0.2, -0.15) is 0 Å². The number of hydrogen-bond donors (Lipinski definition) is 0. The molecule has 3 heteroatoms. The summed E-state index contributed by atoms with van der Waals surface area (Å²) in [5, 5.41) is 5.83. The molecular weight excluding hydrogens is 250 g/mol. The summed E-state index contributed by atoms with van der Waals surface area (Å²) in [6.07, 6.45) is 5.28. The number of oxime groups is 1. The van der Waals surface area contributed by atoms with E-state index in [0.717, 1.165) is 29.0 Å². The van der Waals surface area contributed by atoms with Gasteiger partial charge in [0.25, 0.3) is 0 Å². The summed E-state index contributed by atoms with van der Waals surface area (Å²) < 4.78 is 0. The van der Waals surface area contributed by atoms with Crippen molar-refractivity contribution in [1.82, 2.24) is 0 Å². The number of nitrogens with zero attached hydrogens (tertiary/aromatic N) is 1. The number of allylic oxidation sites excluding steroid dienone is 1. The Balaban J connectivity index is 2.54. The molecule has 0 atom stereocenters. The molecule has 0 spiro atoms. The fraction of sp³-hybridized carbons (Fsp3) is 0.176. The zero-order chi connectivity index (χ0) is 14.4. The summed E-state index contributed by atoms with van der Waals surface area (Å²) in [6, 6.07) is 11.5. The molecule has 0 bridgehead atoms. The van der Waals surface area contributed by atoms with Crippen molar-refractivity contribution in [3.8, 4) is 0 Å². The average molecular weight is 267 g/mol. The minimum atomic E-state index is 0.678. The van der Waals surface area contributed by atoms with Crippen molar-refractivity contribution >= 4 is 29.0 Å². The number of fused-ring (bicyclic) bond motifs is 1. The molecule has 0 unspecified atom stereocenters. The minimum absolute atomic E-state index is 0.678. The number of hydrogen-bond acceptors (Lipinski definition) is 3. The van der Waals surface area contributed by atoms with E-state index in [1.807, 2.05) is 50.3 Å². The molecule has 20 heavy (non-hydrogen) atoms. The highest BCUT2D eigenvalue weighted by atomic mass is 16.6. The maximum Gasteiger partial charge on any atom is 0.161 e. The molecule has 3 nitrogen and oxygen atoms in total. The van der Waals surface area contributed by atoms with Crippen molar-refractivity contribution in [1.29, 1.82) is 0 Å². The highest BCUT2D eigenvalue weighted by molar-refractivity contribution is 6.02. The van der Waals surface area contributed by atoms with Gasteiger partial charge >= 0.3 is 0 Å². The van der Waals surface area contributed by atoms with Crippen molar-refractivity contribution in [3.05, 3.63) is 53.6 Å². The second-order valence-corrected chi connectivity index (χ2v) is 4.31. The van der Waals surface area contributed by atoms with Gasteiger partial charge in [0.1, 0.15) is 0 Å². The van der Waals surface area contributed by atoms with Crippen molar-refractivity contribution in [2.45, 2.75) is 20.3 Å². The van der Waals surface area contributed by atoms with Gasteiger partial charge in [-0.25, -0.2) is 0 Å². The zero-order valence-electron chi connectivity index (χ0n) is 11.7. The molecule has 0 aliphatic heterocycles. The number of carbonyl (C=O) groups excluding carboxylic acids is 1. The van der Waals surface area contributed by atoms with E-state index >= 15 is 0 Å². The maximum atomic E-state index is 11.1. The van der Waals surface area contributed by atoms with Crippen molar-refractivity contribution < 1.29 is 9.63 Å². The van der Waals surface area contributed by atoms with Gasteiger partial charge in [0.15, 0.2) is 12.0 Å². The van der Waals surface area contributed by atoms with E-state index in [-0.39, 0.29) is 0 Å². The van der Waals surface area contributed by atoms with Gasteiger partial charge in [0, 0.05) is 17.3 Å². The Morgan fingerprint density at radius 2 is 1.95 bits per heavy atom. The normalized spacial score (nSPS) is 12.0. The summed E-state index contributed by atoms with van der Waals surface area (Å²) >= 11 is 0. The van der Waals surface area contributed by atoms with E-state index in [1.54, 1.807) is 12.3 Å². The van der Waals surface area contributed by atoms with Crippen LogP contribution in [-0.2, 0) is 4.84 Å². The Morgan fingerprint density at radius 3 is 2.60 bits per heavy atom. The van der Waals surface area contributed by atoms with Crippen LogP contribution in [0.2, 0.25) is 0 Å². The Morgan fingerprint density at radius 1 is 1.20 bits per heavy atom. The molecular formula is C17H17NO2. The minimum Gasteiger partial charge on any atom is -0.357 e. The average Bonchev–Trinajstić information content (AvgIpc) is 2.51. The summed E-state index contributed by atoms with van der Waals surface area (Å²) in [6.45, 7) is 3.90. The van der Waals surface area contributed by atoms with Gasteiger partial charge in [0.2, 0.25) is 0 Å². The van der Waals surface area contributed by atoms with Crippen LogP contribution in [0.5, 0.6) is 0 Å². The van der Waals surface area contributed by atoms with Gasteiger partial charge in [-0.05, 0) is 36.3 Å². The first-order chi connectivity index (χ1) is 9.81. The van der Waals surface area contributed by atoms with E-state index in [1.165, 1.54) is 0 Å². The summed E-state index contributed by atoms with van der Waals surface area (Å²) in [4.78, 5) is 16.6. The highest BCUT2D eigenvalue weighted by Gasteiger charge is 2.09. The highest BCUT2D eigenvalue weighted by Crippen LogP contribution is 2.28. The first kappa shape index (κ1) is 14.0. The molecule has 0 heterocycles. The van der Waals surface area contributed by atoms with Crippen molar-refractivity contribution in [3.63, 3.8) is 0 Å². The number of benzene rings is 2. The second-order valence-electron chi connectivity index (χ2n) is 4.31. The van der Waals surface area contributed by atoms with E-state index in [9.17, 15) is 4.79 Å². The van der Waals surface area contributed by atoms with Gasteiger partial charge in [-0.15, -0.1) is 0 Å². The van der Waals surface area contributed by atoms with Crippen LogP contribution in [-0.4, -0.2) is 12.5 Å². The summed E-state index contributed by atoms with van der Waals surface area (Å²) in [7, 11) is 0. The lowest BCUT2D eigenvalue weighted by Crippen LogP contribution is -1.92. The summed E-state index contributed by atoms with van der Waals surface area (Å²) in [5.74, 6) is 0.684. The van der Waals surface area contributed by atoms with Crippen molar-refractivity contribution in [2.75, 3.05) is 0 Å². The van der Waals surface area contributed by atoms with E-state index in [0.29, 0.717) is 11.3 Å². The number of carbonyl (C=O) groups is 1. The lowest BCUT2D eigenvalue weighted by atomic mass is 9.99. The Hall–Kier alpha value is -2.42. The molecule has 0 N–H and O–H groups in total. The molecule has 0 radical (unpaired) electrons. The summed E-state index contributed by atoms with van der Waals surface area (Å²) in [5.41, 5.74) is 1.61. The third-order valence-corrected chi connectivity index (χ3v) is 3.02. The van der Waals surface area contributed by atoms with Gasteiger partial charge in [-0.3, -0.25) is 4.79 Å². The Kier molecular flexibility index (Phi) is 4.66. The molecule has 102 valence electrons. The predicted octanol–water partition coefficient (Wildman–Crippen LogP) is 4.43. The molecule has 0 aliphatic rings. The Bertz CT molecular complexity index is 672. The van der Waals surface area contributed by atoms with E-state index in [4.69, 9.17) is 4.84 Å². The lowest BCUT2D eigenvalue weighted by molar-refractivity contribution is 0.112. The maximum absolute atomic E-state index is 11.1. The standard InChI is InChI=1S/C17H17NO2/c1-3-11-18-20-17(4-2)16-10-9-13(12-19)14-7-5-6-8-15(14)16/h4-12H,3H2,1-2H3/b17-4-,18-11+. The van der Waals surface area contributed by atoms with Crippen LogP contribution >= 0.6 is 0 Å². The van der Waals surface area contributed by atoms with Crippen LogP contribution in [0.1, 0.15) is 36.2 Å². The first-order valence-corrected chi connectivity index (χ1v) is 6.64. The number of aldehydes is 1. The Labute approximate surface area is 118 Å². The molecule has 0 saturated heterocycles. The number of rotatable bonds is 5. The van der Waals surface area contributed by atoms with Gasteiger partial charge < -0.3 is 4.84 Å². The van der Waals surface area contributed by atoms with Crippen molar-refractivity contribution in [2.24, 2.45) is 5.16 Å². The first-order valence-electron chi connectivity index (χ1n) is 6.64. The quantitative estimate of drug-likeness (QED) is 0.348. The topological polar surface area (TPSA) is 38.7 Å². The third-order valence-electron chi connectivity index (χ3n) is 3.02. The largest absolute Gasteiger partial charge is 0.357 e. The van der Waals surface area contributed by atoms with E-state index < -0.39 is 0 Å². The van der Waals surface area contributed by atoms with Crippen LogP contribution in [0.25, 0.3) is 16.5 Å². The predicted molar refractivity (Wildman–Crippen MR) is 82.9 cm³/mol. The molecule has 2 aromatic rings. The smallest absolute Gasteiger partial charge is 0.161 e. The lowest BCUT2D eigenvalue weighted by Gasteiger charge is -2.10. The molecule has 0 saturated carbocycles. The van der Waals surface area contributed by atoms with Gasteiger partial charge in [0.05, 0.1) is 0 Å². The molecule has 2 rings (SSSR count).